The first-order valence-electron chi connectivity index (χ1n) is 6.34. The molecule has 1 heterocycles. The van der Waals surface area contributed by atoms with Gasteiger partial charge in [-0.3, -0.25) is 4.68 Å². The number of hydrogen-bond acceptors (Lipinski definition) is 2. The molecule has 1 fully saturated rings. The lowest BCUT2D eigenvalue weighted by atomic mass is 10.1. The van der Waals surface area contributed by atoms with Gasteiger partial charge in [0.1, 0.15) is 6.07 Å². The smallest absolute Gasteiger partial charge is 0.170 e. The van der Waals surface area contributed by atoms with Crippen molar-refractivity contribution in [3.8, 4) is 6.07 Å². The minimum Gasteiger partial charge on any atom is -0.263 e. The zero-order chi connectivity index (χ0) is 12.5. The van der Waals surface area contributed by atoms with Crippen LogP contribution < -0.4 is 0 Å². The van der Waals surface area contributed by atoms with Crippen molar-refractivity contribution < 1.29 is 0 Å². The summed E-state index contributed by atoms with van der Waals surface area (Å²) in [6.07, 6.45) is 5.17. The first-order valence-corrected chi connectivity index (χ1v) is 6.72. The molecule has 1 aromatic carbocycles. The summed E-state index contributed by atoms with van der Waals surface area (Å²) in [6, 6.07) is 7.76. The lowest BCUT2D eigenvalue weighted by Crippen LogP contribution is -2.08. The van der Waals surface area contributed by atoms with Gasteiger partial charge < -0.3 is 0 Å². The molecule has 0 bridgehead atoms. The zero-order valence-corrected chi connectivity index (χ0v) is 10.8. The average molecular weight is 260 g/mol. The van der Waals surface area contributed by atoms with Crippen molar-refractivity contribution in [2.75, 3.05) is 0 Å². The summed E-state index contributed by atoms with van der Waals surface area (Å²) < 4.78 is 1.95. The van der Waals surface area contributed by atoms with Crippen LogP contribution in [-0.4, -0.2) is 9.78 Å². The highest BCUT2D eigenvalue weighted by atomic mass is 35.5. The standard InChI is InChI=1S/C14H14ClN3/c15-11-5-6-12-13(8-16)17-18(14(12)7-11)9-10-3-1-2-4-10/h5-7,10H,1-4,9H2. The molecule has 0 atom stereocenters. The first kappa shape index (κ1) is 11.6. The van der Waals surface area contributed by atoms with E-state index in [0.717, 1.165) is 17.4 Å². The normalized spacial score (nSPS) is 16.2. The second-order valence-corrected chi connectivity index (χ2v) is 5.39. The van der Waals surface area contributed by atoms with Crippen molar-refractivity contribution in [3.63, 3.8) is 0 Å². The lowest BCUT2D eigenvalue weighted by Gasteiger charge is -2.09. The van der Waals surface area contributed by atoms with Gasteiger partial charge >= 0.3 is 0 Å². The van der Waals surface area contributed by atoms with Crippen molar-refractivity contribution in [1.82, 2.24) is 9.78 Å². The Balaban J connectivity index is 2.04. The number of hydrogen-bond donors (Lipinski definition) is 0. The van der Waals surface area contributed by atoms with E-state index in [4.69, 9.17) is 16.9 Å². The van der Waals surface area contributed by atoms with Gasteiger partial charge in [-0.1, -0.05) is 24.4 Å². The summed E-state index contributed by atoms with van der Waals surface area (Å²) in [5.74, 6) is 0.693. The maximum Gasteiger partial charge on any atom is 0.170 e. The molecule has 18 heavy (non-hydrogen) atoms. The molecule has 0 saturated heterocycles. The second kappa shape index (κ2) is 4.62. The number of fused-ring (bicyclic) bond motifs is 1. The number of halogens is 1. The molecule has 1 aromatic heterocycles. The Morgan fingerprint density at radius 1 is 1.39 bits per heavy atom. The highest BCUT2D eigenvalue weighted by Crippen LogP contribution is 2.29. The van der Waals surface area contributed by atoms with E-state index in [1.54, 1.807) is 0 Å². The molecular formula is C14H14ClN3. The van der Waals surface area contributed by atoms with Crippen molar-refractivity contribution in [2.24, 2.45) is 5.92 Å². The van der Waals surface area contributed by atoms with Crippen molar-refractivity contribution in [2.45, 2.75) is 32.2 Å². The van der Waals surface area contributed by atoms with Gasteiger partial charge in [-0.15, -0.1) is 0 Å². The molecule has 4 heteroatoms. The Bertz CT molecular complexity index is 618. The van der Waals surface area contributed by atoms with Crippen LogP contribution in [0.15, 0.2) is 18.2 Å². The minimum atomic E-state index is 0.500. The number of aromatic nitrogens is 2. The third-order valence-electron chi connectivity index (χ3n) is 3.73. The molecule has 0 radical (unpaired) electrons. The quantitative estimate of drug-likeness (QED) is 0.824. The van der Waals surface area contributed by atoms with E-state index in [2.05, 4.69) is 11.2 Å². The van der Waals surface area contributed by atoms with Gasteiger partial charge in [0.15, 0.2) is 5.69 Å². The number of nitrogens with zero attached hydrogens (tertiary/aromatic N) is 3. The van der Waals surface area contributed by atoms with Crippen LogP contribution in [-0.2, 0) is 6.54 Å². The van der Waals surface area contributed by atoms with Crippen LogP contribution in [0.4, 0.5) is 0 Å². The largest absolute Gasteiger partial charge is 0.263 e. The number of nitriles is 1. The van der Waals surface area contributed by atoms with Crippen LogP contribution in [0.3, 0.4) is 0 Å². The summed E-state index contributed by atoms with van der Waals surface area (Å²) in [5.41, 5.74) is 1.48. The Kier molecular flexibility index (Phi) is 2.97. The van der Waals surface area contributed by atoms with Crippen LogP contribution in [0.25, 0.3) is 10.9 Å². The van der Waals surface area contributed by atoms with Gasteiger partial charge in [0.2, 0.25) is 0 Å². The fraction of sp³-hybridized carbons (Fsp3) is 0.429. The molecule has 0 spiro atoms. The van der Waals surface area contributed by atoms with Crippen LogP contribution in [0.2, 0.25) is 5.02 Å². The summed E-state index contributed by atoms with van der Waals surface area (Å²) in [7, 11) is 0. The molecule has 3 rings (SSSR count). The summed E-state index contributed by atoms with van der Waals surface area (Å²) in [5, 5.41) is 15.1. The maximum absolute atomic E-state index is 9.12. The van der Waals surface area contributed by atoms with Gasteiger partial charge in [-0.2, -0.15) is 10.4 Å². The monoisotopic (exact) mass is 259 g/mol. The van der Waals surface area contributed by atoms with E-state index in [9.17, 15) is 0 Å². The molecule has 0 aliphatic heterocycles. The summed E-state index contributed by atoms with van der Waals surface area (Å²) in [4.78, 5) is 0. The molecule has 1 aliphatic carbocycles. The molecule has 92 valence electrons. The van der Waals surface area contributed by atoms with E-state index in [1.165, 1.54) is 25.7 Å². The lowest BCUT2D eigenvalue weighted by molar-refractivity contribution is 0.437. The van der Waals surface area contributed by atoms with Gasteiger partial charge in [-0.25, -0.2) is 0 Å². The molecule has 1 aliphatic rings. The zero-order valence-electron chi connectivity index (χ0n) is 10.1. The van der Waals surface area contributed by atoms with Crippen molar-refractivity contribution >= 4 is 22.5 Å². The van der Waals surface area contributed by atoms with Crippen LogP contribution in [0.5, 0.6) is 0 Å². The number of benzene rings is 1. The fourth-order valence-corrected chi connectivity index (χ4v) is 2.97. The summed E-state index contributed by atoms with van der Waals surface area (Å²) in [6.45, 7) is 0.901. The highest BCUT2D eigenvalue weighted by molar-refractivity contribution is 6.31. The van der Waals surface area contributed by atoms with E-state index < -0.39 is 0 Å². The molecule has 3 nitrogen and oxygen atoms in total. The SMILES string of the molecule is N#Cc1nn(CC2CCCC2)c2cc(Cl)ccc12. The van der Waals surface area contributed by atoms with E-state index >= 15 is 0 Å². The first-order chi connectivity index (χ1) is 8.78. The molecular weight excluding hydrogens is 246 g/mol. The van der Waals surface area contributed by atoms with Gasteiger partial charge in [0.25, 0.3) is 0 Å². The summed E-state index contributed by atoms with van der Waals surface area (Å²) >= 11 is 6.04. The van der Waals surface area contributed by atoms with Crippen LogP contribution in [0, 0.1) is 17.2 Å². The van der Waals surface area contributed by atoms with Crippen LogP contribution in [0.1, 0.15) is 31.4 Å². The molecule has 0 unspecified atom stereocenters. The molecule has 0 amide bonds. The predicted octanol–water partition coefficient (Wildman–Crippen LogP) is 3.75. The van der Waals surface area contributed by atoms with Gasteiger partial charge in [0, 0.05) is 17.0 Å². The minimum absolute atomic E-state index is 0.500. The molecule has 0 N–H and O–H groups in total. The van der Waals surface area contributed by atoms with Gasteiger partial charge in [-0.05, 0) is 37.0 Å². The molecule has 1 saturated carbocycles. The van der Waals surface area contributed by atoms with Gasteiger partial charge in [0.05, 0.1) is 5.52 Å². The topological polar surface area (TPSA) is 41.6 Å². The maximum atomic E-state index is 9.12. The average Bonchev–Trinajstić information content (AvgIpc) is 2.98. The third kappa shape index (κ3) is 1.97. The van der Waals surface area contributed by atoms with E-state index in [-0.39, 0.29) is 0 Å². The third-order valence-corrected chi connectivity index (χ3v) is 3.96. The Hall–Kier alpha value is -1.53. The van der Waals surface area contributed by atoms with Crippen LogP contribution >= 0.6 is 11.6 Å². The Morgan fingerprint density at radius 2 is 2.17 bits per heavy atom. The van der Waals surface area contributed by atoms with E-state index in [1.807, 2.05) is 22.9 Å². The Morgan fingerprint density at radius 3 is 2.89 bits per heavy atom. The van der Waals surface area contributed by atoms with E-state index in [0.29, 0.717) is 16.6 Å². The Labute approximate surface area is 111 Å². The fourth-order valence-electron chi connectivity index (χ4n) is 2.81. The predicted molar refractivity (Wildman–Crippen MR) is 71.4 cm³/mol. The molecule has 2 aromatic rings. The highest BCUT2D eigenvalue weighted by Gasteiger charge is 2.18. The second-order valence-electron chi connectivity index (χ2n) is 4.95. The van der Waals surface area contributed by atoms with Crippen molar-refractivity contribution in [3.05, 3.63) is 28.9 Å². The number of rotatable bonds is 2. The van der Waals surface area contributed by atoms with Crippen molar-refractivity contribution in [1.29, 1.82) is 5.26 Å².